The molecule has 1 aliphatic heterocycles. The minimum Gasteiger partial charge on any atom is -0.456 e. The maximum absolute atomic E-state index is 13.7. The van der Waals surface area contributed by atoms with E-state index in [0.29, 0.717) is 17.7 Å². The molecule has 2 aromatic carbocycles. The normalized spacial score (nSPS) is 18.2. The first-order valence-electron chi connectivity index (χ1n) is 9.79. The van der Waals surface area contributed by atoms with E-state index in [4.69, 9.17) is 9.47 Å². The highest BCUT2D eigenvalue weighted by atomic mass is 19.1. The molecule has 3 rings (SSSR count). The van der Waals surface area contributed by atoms with E-state index < -0.39 is 22.9 Å². The molecular formula is C24H24FNO4. The first-order chi connectivity index (χ1) is 14.0. The minimum atomic E-state index is -1.12. The SMILES string of the molecule is CCc1ccc(Oc2cc(F)ccc2C#N)cc1C1C(=O)C(C)(C)OC(C)(C)C1=O. The topological polar surface area (TPSA) is 76.4 Å². The molecule has 1 aliphatic rings. The molecule has 0 aliphatic carbocycles. The van der Waals surface area contributed by atoms with Crippen LogP contribution in [0, 0.1) is 17.1 Å². The summed E-state index contributed by atoms with van der Waals surface area (Å²) in [5.74, 6) is -1.79. The highest BCUT2D eigenvalue weighted by Gasteiger charge is 2.53. The van der Waals surface area contributed by atoms with Gasteiger partial charge in [0.2, 0.25) is 0 Å². The predicted octanol–water partition coefficient (Wildman–Crippen LogP) is 4.86. The highest BCUT2D eigenvalue weighted by Crippen LogP contribution is 2.41. The first-order valence-corrected chi connectivity index (χ1v) is 9.79. The van der Waals surface area contributed by atoms with Gasteiger partial charge in [0.25, 0.3) is 0 Å². The largest absolute Gasteiger partial charge is 0.456 e. The van der Waals surface area contributed by atoms with E-state index in [1.165, 1.54) is 12.1 Å². The molecule has 1 fully saturated rings. The number of carbonyl (C=O) groups excluding carboxylic acids is 2. The van der Waals surface area contributed by atoms with Gasteiger partial charge < -0.3 is 9.47 Å². The molecule has 0 radical (unpaired) electrons. The van der Waals surface area contributed by atoms with E-state index in [1.54, 1.807) is 45.9 Å². The van der Waals surface area contributed by atoms with Crippen LogP contribution in [0.1, 0.15) is 57.2 Å². The molecule has 5 nitrogen and oxygen atoms in total. The van der Waals surface area contributed by atoms with Gasteiger partial charge in [-0.3, -0.25) is 9.59 Å². The van der Waals surface area contributed by atoms with Crippen LogP contribution in [-0.2, 0) is 20.7 Å². The lowest BCUT2D eigenvalue weighted by Crippen LogP contribution is -2.58. The van der Waals surface area contributed by atoms with Crippen molar-refractivity contribution >= 4 is 11.6 Å². The van der Waals surface area contributed by atoms with Gasteiger partial charge in [-0.05, 0) is 69.5 Å². The van der Waals surface area contributed by atoms with E-state index >= 15 is 0 Å². The summed E-state index contributed by atoms with van der Waals surface area (Å²) in [6.45, 7) is 8.58. The molecule has 0 N–H and O–H groups in total. The molecule has 1 saturated heterocycles. The molecule has 1 heterocycles. The van der Waals surface area contributed by atoms with Crippen LogP contribution in [0.2, 0.25) is 0 Å². The summed E-state index contributed by atoms with van der Waals surface area (Å²) in [7, 11) is 0. The Balaban J connectivity index is 2.10. The van der Waals surface area contributed by atoms with Crippen LogP contribution >= 0.6 is 0 Å². The van der Waals surface area contributed by atoms with Gasteiger partial charge in [0, 0.05) is 6.07 Å². The van der Waals surface area contributed by atoms with Crippen LogP contribution in [-0.4, -0.2) is 22.8 Å². The van der Waals surface area contributed by atoms with Gasteiger partial charge in [-0.25, -0.2) is 4.39 Å². The fourth-order valence-corrected chi connectivity index (χ4v) is 3.86. The molecule has 156 valence electrons. The van der Waals surface area contributed by atoms with Crippen LogP contribution in [0.5, 0.6) is 11.5 Å². The number of halogens is 1. The van der Waals surface area contributed by atoms with Gasteiger partial charge in [-0.1, -0.05) is 13.0 Å². The van der Waals surface area contributed by atoms with Gasteiger partial charge in [-0.2, -0.15) is 5.26 Å². The Morgan fingerprint density at radius 3 is 2.27 bits per heavy atom. The summed E-state index contributed by atoms with van der Waals surface area (Å²) < 4.78 is 25.2. The second-order valence-corrected chi connectivity index (χ2v) is 8.35. The number of benzene rings is 2. The standard InChI is InChI=1S/C24H24FNO4/c1-6-14-8-10-17(29-19-11-16(25)9-7-15(19)13-26)12-18(14)20-21(27)23(2,3)30-24(4,5)22(20)28/h7-12,20H,6H2,1-5H3. The molecule has 0 spiro atoms. The molecule has 0 amide bonds. The molecule has 0 saturated carbocycles. The van der Waals surface area contributed by atoms with E-state index in [-0.39, 0.29) is 22.9 Å². The van der Waals surface area contributed by atoms with E-state index in [9.17, 15) is 19.2 Å². The number of nitriles is 1. The van der Waals surface area contributed by atoms with Crippen molar-refractivity contribution in [2.45, 2.75) is 58.2 Å². The van der Waals surface area contributed by atoms with Crippen molar-refractivity contribution in [1.29, 1.82) is 5.26 Å². The first kappa shape index (κ1) is 21.7. The number of hydrogen-bond donors (Lipinski definition) is 0. The van der Waals surface area contributed by atoms with Crippen molar-refractivity contribution < 1.29 is 23.5 Å². The van der Waals surface area contributed by atoms with Crippen LogP contribution < -0.4 is 4.74 Å². The number of Topliss-reactive ketones (excluding diaryl/α,β-unsaturated/α-hetero) is 2. The van der Waals surface area contributed by atoms with Crippen molar-refractivity contribution in [2.75, 3.05) is 0 Å². The Morgan fingerprint density at radius 2 is 1.70 bits per heavy atom. The molecular weight excluding hydrogens is 385 g/mol. The van der Waals surface area contributed by atoms with Gasteiger partial charge >= 0.3 is 0 Å². The average molecular weight is 409 g/mol. The Labute approximate surface area is 175 Å². The molecule has 30 heavy (non-hydrogen) atoms. The Hall–Kier alpha value is -3.04. The summed E-state index contributed by atoms with van der Waals surface area (Å²) in [6, 6.07) is 10.7. The zero-order valence-electron chi connectivity index (χ0n) is 17.7. The van der Waals surface area contributed by atoms with Gasteiger partial charge in [0.15, 0.2) is 11.6 Å². The van der Waals surface area contributed by atoms with E-state index in [1.807, 2.05) is 13.0 Å². The monoisotopic (exact) mass is 409 g/mol. The lowest BCUT2D eigenvalue weighted by Gasteiger charge is -2.43. The molecule has 2 aromatic rings. The number of rotatable bonds is 4. The molecule has 6 heteroatoms. The van der Waals surface area contributed by atoms with E-state index in [0.717, 1.165) is 11.6 Å². The minimum absolute atomic E-state index is 0.0676. The van der Waals surface area contributed by atoms with Crippen molar-refractivity contribution in [3.8, 4) is 17.6 Å². The maximum Gasteiger partial charge on any atom is 0.179 e. The molecule has 0 aromatic heterocycles. The van der Waals surface area contributed by atoms with Crippen molar-refractivity contribution in [2.24, 2.45) is 0 Å². The lowest BCUT2D eigenvalue weighted by molar-refractivity contribution is -0.184. The summed E-state index contributed by atoms with van der Waals surface area (Å²) in [4.78, 5) is 26.3. The highest BCUT2D eigenvalue weighted by molar-refractivity contribution is 6.15. The number of hydrogen-bond acceptors (Lipinski definition) is 5. The Bertz CT molecular complexity index is 1040. The number of carbonyl (C=O) groups is 2. The summed E-state index contributed by atoms with van der Waals surface area (Å²) in [5, 5.41) is 9.26. The summed E-state index contributed by atoms with van der Waals surface area (Å²) >= 11 is 0. The van der Waals surface area contributed by atoms with Crippen LogP contribution in [0.4, 0.5) is 4.39 Å². The lowest BCUT2D eigenvalue weighted by atomic mass is 9.73. The second-order valence-electron chi connectivity index (χ2n) is 8.35. The van der Waals surface area contributed by atoms with E-state index in [2.05, 4.69) is 0 Å². The fraction of sp³-hybridized carbons (Fsp3) is 0.375. The Kier molecular flexibility index (Phi) is 5.53. The second kappa shape index (κ2) is 7.66. The maximum atomic E-state index is 13.7. The van der Waals surface area contributed by atoms with Crippen LogP contribution in [0.25, 0.3) is 0 Å². The van der Waals surface area contributed by atoms with Crippen molar-refractivity contribution in [3.63, 3.8) is 0 Å². The third kappa shape index (κ3) is 3.86. The number of ether oxygens (including phenoxy) is 2. The van der Waals surface area contributed by atoms with Crippen LogP contribution in [0.3, 0.4) is 0 Å². The van der Waals surface area contributed by atoms with Crippen molar-refractivity contribution in [3.05, 3.63) is 58.9 Å². The molecule has 0 unspecified atom stereocenters. The van der Waals surface area contributed by atoms with Gasteiger partial charge in [0.05, 0.1) is 5.56 Å². The van der Waals surface area contributed by atoms with Gasteiger partial charge in [0.1, 0.15) is 40.5 Å². The third-order valence-corrected chi connectivity index (χ3v) is 5.32. The Morgan fingerprint density at radius 1 is 1.07 bits per heavy atom. The van der Waals surface area contributed by atoms with Gasteiger partial charge in [-0.15, -0.1) is 0 Å². The summed E-state index contributed by atoms with van der Waals surface area (Å²) in [5.41, 5.74) is -0.689. The molecule has 0 atom stereocenters. The number of ketones is 2. The van der Waals surface area contributed by atoms with Crippen molar-refractivity contribution in [1.82, 2.24) is 0 Å². The quantitative estimate of drug-likeness (QED) is 0.674. The zero-order chi connectivity index (χ0) is 22.3. The molecule has 0 bridgehead atoms. The smallest absolute Gasteiger partial charge is 0.179 e. The summed E-state index contributed by atoms with van der Waals surface area (Å²) in [6.07, 6.45) is 0.609. The third-order valence-electron chi connectivity index (χ3n) is 5.32. The average Bonchev–Trinajstić information content (AvgIpc) is 2.67. The fourth-order valence-electron chi connectivity index (χ4n) is 3.86. The number of nitrogens with zero attached hydrogens (tertiary/aromatic N) is 1. The number of aryl methyl sites for hydroxylation is 1. The van der Waals surface area contributed by atoms with Crippen LogP contribution in [0.15, 0.2) is 36.4 Å². The zero-order valence-corrected chi connectivity index (χ0v) is 17.7. The predicted molar refractivity (Wildman–Crippen MR) is 109 cm³/mol.